The van der Waals surface area contributed by atoms with E-state index in [1.165, 1.54) is 0 Å². The van der Waals surface area contributed by atoms with E-state index < -0.39 is 11.6 Å². The van der Waals surface area contributed by atoms with Crippen molar-refractivity contribution in [2.45, 2.75) is 45.1 Å². The SMILES string of the molecule is Cc1ccc(C(C)C)c(OCC(=O)N2CCC(O)(C(=O)O)CC2)c1. The van der Waals surface area contributed by atoms with Crippen LogP contribution in [0.2, 0.25) is 0 Å². The van der Waals surface area contributed by atoms with Gasteiger partial charge in [-0.25, -0.2) is 4.79 Å². The highest BCUT2D eigenvalue weighted by molar-refractivity contribution is 5.80. The molecule has 0 radical (unpaired) electrons. The Bertz CT molecular complexity index is 618. The molecule has 6 heteroatoms. The van der Waals surface area contributed by atoms with Crippen LogP contribution in [0.4, 0.5) is 0 Å². The summed E-state index contributed by atoms with van der Waals surface area (Å²) in [6.45, 7) is 6.45. The van der Waals surface area contributed by atoms with Gasteiger partial charge in [-0.15, -0.1) is 0 Å². The fourth-order valence-corrected chi connectivity index (χ4v) is 2.81. The number of amides is 1. The Balaban J connectivity index is 1.95. The van der Waals surface area contributed by atoms with E-state index in [1.54, 1.807) is 4.90 Å². The molecule has 1 aliphatic rings. The van der Waals surface area contributed by atoms with Crippen molar-refractivity contribution in [1.82, 2.24) is 4.90 Å². The van der Waals surface area contributed by atoms with Gasteiger partial charge in [-0.2, -0.15) is 0 Å². The number of benzene rings is 1. The van der Waals surface area contributed by atoms with E-state index in [9.17, 15) is 14.7 Å². The molecule has 132 valence electrons. The topological polar surface area (TPSA) is 87.1 Å². The predicted molar refractivity (Wildman–Crippen MR) is 89.2 cm³/mol. The van der Waals surface area contributed by atoms with Gasteiger partial charge in [-0.05, 0) is 30.0 Å². The molecule has 6 nitrogen and oxygen atoms in total. The van der Waals surface area contributed by atoms with Crippen molar-refractivity contribution >= 4 is 11.9 Å². The number of nitrogens with zero attached hydrogens (tertiary/aromatic N) is 1. The molecule has 24 heavy (non-hydrogen) atoms. The molecule has 0 atom stereocenters. The summed E-state index contributed by atoms with van der Waals surface area (Å²) < 4.78 is 5.72. The van der Waals surface area contributed by atoms with E-state index in [-0.39, 0.29) is 44.4 Å². The third-order valence-electron chi connectivity index (χ3n) is 4.48. The van der Waals surface area contributed by atoms with Gasteiger partial charge in [0.2, 0.25) is 0 Å². The number of carboxylic acid groups (broad SMARTS) is 1. The Morgan fingerprint density at radius 3 is 2.46 bits per heavy atom. The lowest BCUT2D eigenvalue weighted by atomic mass is 9.91. The van der Waals surface area contributed by atoms with Crippen LogP contribution in [0.5, 0.6) is 5.75 Å². The lowest BCUT2D eigenvalue weighted by Crippen LogP contribution is -2.51. The number of likely N-dealkylation sites (tertiary alicyclic amines) is 1. The number of aliphatic carboxylic acids is 1. The lowest BCUT2D eigenvalue weighted by Gasteiger charge is -2.35. The minimum absolute atomic E-state index is 0.0375. The van der Waals surface area contributed by atoms with E-state index in [0.29, 0.717) is 5.75 Å². The number of aryl methyl sites for hydroxylation is 1. The fourth-order valence-electron chi connectivity index (χ4n) is 2.81. The van der Waals surface area contributed by atoms with Gasteiger partial charge in [-0.1, -0.05) is 26.0 Å². The number of carboxylic acids is 1. The summed E-state index contributed by atoms with van der Waals surface area (Å²) in [4.78, 5) is 24.9. The van der Waals surface area contributed by atoms with E-state index in [1.807, 2.05) is 25.1 Å². The highest BCUT2D eigenvalue weighted by Gasteiger charge is 2.40. The Kier molecular flexibility index (Phi) is 5.49. The van der Waals surface area contributed by atoms with Crippen molar-refractivity contribution < 1.29 is 24.5 Å². The quantitative estimate of drug-likeness (QED) is 0.858. The first-order valence-electron chi connectivity index (χ1n) is 8.20. The van der Waals surface area contributed by atoms with Crippen LogP contribution in [-0.4, -0.2) is 52.3 Å². The van der Waals surface area contributed by atoms with Gasteiger partial charge in [0.15, 0.2) is 12.2 Å². The molecule has 0 aliphatic carbocycles. The molecular formula is C18H25NO5. The Hall–Kier alpha value is -2.08. The molecule has 1 fully saturated rings. The second-order valence-corrected chi connectivity index (χ2v) is 6.70. The van der Waals surface area contributed by atoms with Crippen molar-refractivity contribution in [1.29, 1.82) is 0 Å². The van der Waals surface area contributed by atoms with Crippen LogP contribution < -0.4 is 4.74 Å². The molecule has 1 aliphatic heterocycles. The van der Waals surface area contributed by atoms with Gasteiger partial charge in [0, 0.05) is 25.9 Å². The highest BCUT2D eigenvalue weighted by atomic mass is 16.5. The van der Waals surface area contributed by atoms with Crippen molar-refractivity contribution in [3.63, 3.8) is 0 Å². The Morgan fingerprint density at radius 2 is 1.92 bits per heavy atom. The number of aliphatic hydroxyl groups is 1. The van der Waals surface area contributed by atoms with E-state index in [0.717, 1.165) is 11.1 Å². The Morgan fingerprint density at radius 1 is 1.29 bits per heavy atom. The average molecular weight is 335 g/mol. The van der Waals surface area contributed by atoms with Crippen molar-refractivity contribution in [3.8, 4) is 5.75 Å². The average Bonchev–Trinajstić information content (AvgIpc) is 2.53. The maximum Gasteiger partial charge on any atom is 0.335 e. The first-order chi connectivity index (χ1) is 11.2. The molecule has 1 heterocycles. The van der Waals surface area contributed by atoms with Gasteiger partial charge in [0.1, 0.15) is 5.75 Å². The van der Waals surface area contributed by atoms with Gasteiger partial charge in [-0.3, -0.25) is 4.79 Å². The summed E-state index contributed by atoms with van der Waals surface area (Å²) in [5.41, 5.74) is 0.387. The zero-order valence-electron chi connectivity index (χ0n) is 14.4. The zero-order valence-corrected chi connectivity index (χ0v) is 14.4. The van der Waals surface area contributed by atoms with E-state index in [4.69, 9.17) is 9.84 Å². The van der Waals surface area contributed by atoms with Crippen molar-refractivity contribution in [2.24, 2.45) is 0 Å². The summed E-state index contributed by atoms with van der Waals surface area (Å²) in [5, 5.41) is 18.9. The minimum atomic E-state index is -1.72. The zero-order chi connectivity index (χ0) is 17.9. The summed E-state index contributed by atoms with van der Waals surface area (Å²) in [6.07, 6.45) is 0.0749. The molecule has 0 aromatic heterocycles. The van der Waals surface area contributed by atoms with Crippen LogP contribution in [0.1, 0.15) is 43.7 Å². The van der Waals surface area contributed by atoms with Crippen LogP contribution >= 0.6 is 0 Å². The smallest absolute Gasteiger partial charge is 0.335 e. The minimum Gasteiger partial charge on any atom is -0.483 e. The first kappa shape index (κ1) is 18.3. The third-order valence-corrected chi connectivity index (χ3v) is 4.48. The molecule has 1 saturated heterocycles. The van der Waals surface area contributed by atoms with Gasteiger partial charge in [0.25, 0.3) is 5.91 Å². The summed E-state index contributed by atoms with van der Waals surface area (Å²) >= 11 is 0. The summed E-state index contributed by atoms with van der Waals surface area (Å²) in [6, 6.07) is 5.94. The molecule has 0 bridgehead atoms. The van der Waals surface area contributed by atoms with Crippen molar-refractivity contribution in [3.05, 3.63) is 29.3 Å². The predicted octanol–water partition coefficient (Wildman–Crippen LogP) is 1.94. The first-order valence-corrected chi connectivity index (χ1v) is 8.20. The molecule has 0 unspecified atom stereocenters. The number of rotatable bonds is 5. The van der Waals surface area contributed by atoms with Crippen LogP contribution in [0, 0.1) is 6.92 Å². The van der Waals surface area contributed by atoms with Crippen LogP contribution in [0.25, 0.3) is 0 Å². The molecule has 2 rings (SSSR count). The van der Waals surface area contributed by atoms with Crippen molar-refractivity contribution in [2.75, 3.05) is 19.7 Å². The lowest BCUT2D eigenvalue weighted by molar-refractivity contribution is -0.165. The van der Waals surface area contributed by atoms with E-state index >= 15 is 0 Å². The standard InChI is InChI=1S/C18H25NO5/c1-12(2)14-5-4-13(3)10-15(14)24-11-16(20)19-8-6-18(23,7-9-19)17(21)22/h4-5,10,12,23H,6-9,11H2,1-3H3,(H,21,22). The second-order valence-electron chi connectivity index (χ2n) is 6.70. The van der Waals surface area contributed by atoms with Crippen LogP contribution in [-0.2, 0) is 9.59 Å². The number of carbonyl (C=O) groups is 2. The molecular weight excluding hydrogens is 310 g/mol. The van der Waals surface area contributed by atoms with E-state index in [2.05, 4.69) is 13.8 Å². The Labute approximate surface area is 142 Å². The van der Waals surface area contributed by atoms with Gasteiger partial charge >= 0.3 is 5.97 Å². The van der Waals surface area contributed by atoms with Crippen LogP contribution in [0.3, 0.4) is 0 Å². The number of hydrogen-bond acceptors (Lipinski definition) is 4. The van der Waals surface area contributed by atoms with Gasteiger partial charge in [0.05, 0.1) is 0 Å². The van der Waals surface area contributed by atoms with Crippen LogP contribution in [0.15, 0.2) is 18.2 Å². The second kappa shape index (κ2) is 7.21. The molecule has 0 spiro atoms. The normalized spacial score (nSPS) is 17.0. The third kappa shape index (κ3) is 4.06. The number of piperidine rings is 1. The molecule has 1 aromatic rings. The largest absolute Gasteiger partial charge is 0.483 e. The summed E-state index contributed by atoms with van der Waals surface area (Å²) in [5.74, 6) is -0.431. The number of carbonyl (C=O) groups excluding carboxylic acids is 1. The molecule has 0 saturated carbocycles. The highest BCUT2D eigenvalue weighted by Crippen LogP contribution is 2.28. The number of hydrogen-bond donors (Lipinski definition) is 2. The number of ether oxygens (including phenoxy) is 1. The fraction of sp³-hybridized carbons (Fsp3) is 0.556. The molecule has 1 amide bonds. The molecule has 1 aromatic carbocycles. The van der Waals surface area contributed by atoms with Gasteiger partial charge < -0.3 is 19.8 Å². The molecule has 2 N–H and O–H groups in total. The monoisotopic (exact) mass is 335 g/mol. The maximum absolute atomic E-state index is 12.3. The maximum atomic E-state index is 12.3. The summed E-state index contributed by atoms with van der Waals surface area (Å²) in [7, 11) is 0.